The molecule has 0 aromatic heterocycles. The van der Waals surface area contributed by atoms with Crippen LogP contribution in [0.15, 0.2) is 24.3 Å². The van der Waals surface area contributed by atoms with Crippen LogP contribution in [-0.4, -0.2) is 75.0 Å². The summed E-state index contributed by atoms with van der Waals surface area (Å²) in [7, 11) is 1.66. The summed E-state index contributed by atoms with van der Waals surface area (Å²) in [5, 5.41) is 3.12. The molecule has 6 nitrogen and oxygen atoms in total. The Morgan fingerprint density at radius 3 is 2.76 bits per heavy atom. The van der Waals surface area contributed by atoms with Crippen LogP contribution in [0.3, 0.4) is 0 Å². The molecule has 0 radical (unpaired) electrons. The fraction of sp³-hybridized carbons (Fsp3) is 0.632. The Kier molecular flexibility index (Phi) is 8.18. The van der Waals surface area contributed by atoms with Gasteiger partial charge in [0.1, 0.15) is 0 Å². The number of morpholine rings is 1. The fourth-order valence-corrected chi connectivity index (χ4v) is 2.97. The van der Waals surface area contributed by atoms with Gasteiger partial charge < -0.3 is 19.7 Å². The van der Waals surface area contributed by atoms with Crippen LogP contribution in [0.4, 0.5) is 4.79 Å². The van der Waals surface area contributed by atoms with Crippen molar-refractivity contribution in [2.24, 2.45) is 0 Å². The summed E-state index contributed by atoms with van der Waals surface area (Å²) in [6, 6.07) is 8.22. The number of carbonyl (C=O) groups is 1. The van der Waals surface area contributed by atoms with E-state index >= 15 is 0 Å². The number of amides is 2. The zero-order valence-electron chi connectivity index (χ0n) is 15.7. The lowest BCUT2D eigenvalue weighted by atomic mass is 10.1. The monoisotopic (exact) mass is 349 g/mol. The number of nitrogens with one attached hydrogen (secondary N) is 1. The number of carbonyl (C=O) groups excluding carboxylic acids is 1. The van der Waals surface area contributed by atoms with Gasteiger partial charge in [0.25, 0.3) is 0 Å². The Labute approximate surface area is 151 Å². The minimum Gasteiger partial charge on any atom is -0.383 e. The number of nitrogens with zero attached hydrogens (tertiary/aromatic N) is 2. The Bertz CT molecular complexity index is 532. The normalized spacial score (nSPS) is 16.4. The smallest absolute Gasteiger partial charge is 0.318 e. The lowest BCUT2D eigenvalue weighted by Crippen LogP contribution is -2.50. The quantitative estimate of drug-likeness (QED) is 0.778. The molecular weight excluding hydrogens is 318 g/mol. The van der Waals surface area contributed by atoms with Crippen LogP contribution in [0, 0.1) is 6.92 Å². The summed E-state index contributed by atoms with van der Waals surface area (Å²) in [5.41, 5.74) is 2.36. The first-order valence-corrected chi connectivity index (χ1v) is 8.99. The molecule has 1 aliphatic rings. The summed E-state index contributed by atoms with van der Waals surface area (Å²) < 4.78 is 10.5. The number of methoxy groups -OCH3 is 1. The predicted molar refractivity (Wildman–Crippen MR) is 98.7 cm³/mol. The maximum absolute atomic E-state index is 12.7. The van der Waals surface area contributed by atoms with Crippen molar-refractivity contribution >= 4 is 6.03 Å². The molecule has 2 rings (SSSR count). The predicted octanol–water partition coefficient (Wildman–Crippen LogP) is 1.87. The van der Waals surface area contributed by atoms with Gasteiger partial charge in [-0.05, 0) is 25.0 Å². The van der Waals surface area contributed by atoms with Crippen molar-refractivity contribution in [3.63, 3.8) is 0 Å². The van der Waals surface area contributed by atoms with Crippen molar-refractivity contribution in [2.75, 3.05) is 53.1 Å². The molecule has 25 heavy (non-hydrogen) atoms. The third-order valence-corrected chi connectivity index (χ3v) is 4.48. The molecule has 1 aliphatic heterocycles. The number of hydrogen-bond donors (Lipinski definition) is 1. The molecule has 1 fully saturated rings. The maximum atomic E-state index is 12.7. The van der Waals surface area contributed by atoms with Gasteiger partial charge >= 0.3 is 6.03 Å². The molecule has 1 heterocycles. The zero-order valence-corrected chi connectivity index (χ0v) is 15.7. The highest BCUT2D eigenvalue weighted by molar-refractivity contribution is 5.74. The first-order chi connectivity index (χ1) is 12.1. The van der Waals surface area contributed by atoms with E-state index in [1.807, 2.05) is 17.0 Å². The van der Waals surface area contributed by atoms with Gasteiger partial charge in [-0.1, -0.05) is 24.3 Å². The van der Waals surface area contributed by atoms with Gasteiger partial charge in [-0.2, -0.15) is 0 Å². The SMILES string of the molecule is COCCN(Cc1ccccc1C)C(=O)N[C@@H](C)CN1CCOCC1. The first kappa shape index (κ1) is 19.7. The summed E-state index contributed by atoms with van der Waals surface area (Å²) in [4.78, 5) is 16.9. The Morgan fingerprint density at radius 2 is 2.08 bits per heavy atom. The van der Waals surface area contributed by atoms with Gasteiger partial charge in [-0.3, -0.25) is 4.90 Å². The van der Waals surface area contributed by atoms with Crippen LogP contribution in [0.1, 0.15) is 18.1 Å². The second-order valence-electron chi connectivity index (χ2n) is 6.60. The summed E-state index contributed by atoms with van der Waals surface area (Å²) >= 11 is 0. The summed E-state index contributed by atoms with van der Waals surface area (Å²) in [6.45, 7) is 10.1. The molecule has 1 aromatic carbocycles. The topological polar surface area (TPSA) is 54.0 Å². The second-order valence-corrected chi connectivity index (χ2v) is 6.60. The highest BCUT2D eigenvalue weighted by atomic mass is 16.5. The Balaban J connectivity index is 1.91. The number of benzene rings is 1. The second kappa shape index (κ2) is 10.4. The van der Waals surface area contributed by atoms with E-state index < -0.39 is 0 Å². The Morgan fingerprint density at radius 1 is 1.36 bits per heavy atom. The third-order valence-electron chi connectivity index (χ3n) is 4.48. The van der Waals surface area contributed by atoms with E-state index in [2.05, 4.69) is 36.2 Å². The van der Waals surface area contributed by atoms with E-state index in [9.17, 15) is 4.79 Å². The van der Waals surface area contributed by atoms with Crippen molar-refractivity contribution in [2.45, 2.75) is 26.4 Å². The highest BCUT2D eigenvalue weighted by Crippen LogP contribution is 2.11. The maximum Gasteiger partial charge on any atom is 0.318 e. The van der Waals surface area contributed by atoms with E-state index in [1.54, 1.807) is 7.11 Å². The van der Waals surface area contributed by atoms with E-state index in [4.69, 9.17) is 9.47 Å². The molecule has 1 atom stereocenters. The average Bonchev–Trinajstić information content (AvgIpc) is 2.60. The largest absolute Gasteiger partial charge is 0.383 e. The van der Waals surface area contributed by atoms with Crippen molar-refractivity contribution in [3.8, 4) is 0 Å². The van der Waals surface area contributed by atoms with Gasteiger partial charge in [-0.25, -0.2) is 4.79 Å². The third kappa shape index (κ3) is 6.65. The molecule has 6 heteroatoms. The standard InChI is InChI=1S/C19H31N3O3/c1-16-6-4-5-7-18(16)15-22(10-11-24-3)19(23)20-17(2)14-21-8-12-25-13-9-21/h4-7,17H,8-15H2,1-3H3,(H,20,23)/t17-/m0/s1. The van der Waals surface area contributed by atoms with E-state index in [0.29, 0.717) is 19.7 Å². The van der Waals surface area contributed by atoms with E-state index in [1.165, 1.54) is 5.56 Å². The van der Waals surface area contributed by atoms with Crippen LogP contribution < -0.4 is 5.32 Å². The molecule has 0 spiro atoms. The number of urea groups is 1. The fourth-order valence-electron chi connectivity index (χ4n) is 2.97. The minimum atomic E-state index is -0.0407. The van der Waals surface area contributed by atoms with Gasteiger partial charge in [0, 0.05) is 45.9 Å². The molecule has 1 saturated heterocycles. The van der Waals surface area contributed by atoms with E-state index in [-0.39, 0.29) is 12.1 Å². The van der Waals surface area contributed by atoms with Gasteiger partial charge in [0.2, 0.25) is 0 Å². The summed E-state index contributed by atoms with van der Waals surface area (Å²) in [6.07, 6.45) is 0. The molecule has 140 valence electrons. The van der Waals surface area contributed by atoms with Gasteiger partial charge in [0.15, 0.2) is 0 Å². The van der Waals surface area contributed by atoms with Crippen molar-refractivity contribution < 1.29 is 14.3 Å². The lowest BCUT2D eigenvalue weighted by molar-refractivity contribution is 0.0345. The van der Waals surface area contributed by atoms with Gasteiger partial charge in [0.05, 0.1) is 19.8 Å². The van der Waals surface area contributed by atoms with Crippen molar-refractivity contribution in [3.05, 3.63) is 35.4 Å². The van der Waals surface area contributed by atoms with Crippen molar-refractivity contribution in [1.82, 2.24) is 15.1 Å². The summed E-state index contributed by atoms with van der Waals surface area (Å²) in [5.74, 6) is 0. The molecular formula is C19H31N3O3. The number of ether oxygens (including phenoxy) is 2. The zero-order chi connectivity index (χ0) is 18.1. The van der Waals surface area contributed by atoms with Gasteiger partial charge in [-0.15, -0.1) is 0 Å². The van der Waals surface area contributed by atoms with Crippen LogP contribution in [0.25, 0.3) is 0 Å². The van der Waals surface area contributed by atoms with Crippen LogP contribution in [0.2, 0.25) is 0 Å². The minimum absolute atomic E-state index is 0.0407. The van der Waals surface area contributed by atoms with Crippen LogP contribution >= 0.6 is 0 Å². The molecule has 1 aromatic rings. The average molecular weight is 349 g/mol. The van der Waals surface area contributed by atoms with Crippen molar-refractivity contribution in [1.29, 1.82) is 0 Å². The molecule has 0 bridgehead atoms. The molecule has 0 saturated carbocycles. The highest BCUT2D eigenvalue weighted by Gasteiger charge is 2.19. The van der Waals surface area contributed by atoms with Crippen LogP contribution in [-0.2, 0) is 16.0 Å². The van der Waals surface area contributed by atoms with E-state index in [0.717, 1.165) is 38.4 Å². The molecule has 1 N–H and O–H groups in total. The van der Waals surface area contributed by atoms with Crippen LogP contribution in [0.5, 0.6) is 0 Å². The molecule has 0 aliphatic carbocycles. The number of hydrogen-bond acceptors (Lipinski definition) is 4. The number of aryl methyl sites for hydroxylation is 1. The Hall–Kier alpha value is -1.63. The number of rotatable bonds is 8. The molecule has 2 amide bonds. The molecule has 0 unspecified atom stereocenters. The lowest BCUT2D eigenvalue weighted by Gasteiger charge is -2.31. The first-order valence-electron chi connectivity index (χ1n) is 8.99.